The first-order valence-corrected chi connectivity index (χ1v) is 8.24. The maximum absolute atomic E-state index is 12.6. The van der Waals surface area contributed by atoms with E-state index in [4.69, 9.17) is 5.73 Å². The van der Waals surface area contributed by atoms with Gasteiger partial charge in [-0.05, 0) is 25.5 Å². The number of amides is 1. The summed E-state index contributed by atoms with van der Waals surface area (Å²) in [4.78, 5) is 21.0. The highest BCUT2D eigenvalue weighted by atomic mass is 35.5. The number of halogens is 2. The second-order valence-corrected chi connectivity index (χ2v) is 5.94. The van der Waals surface area contributed by atoms with Gasteiger partial charge < -0.3 is 15.5 Å². The van der Waals surface area contributed by atoms with Gasteiger partial charge in [-0.1, -0.05) is 5.21 Å². The second-order valence-electron chi connectivity index (χ2n) is 5.94. The minimum Gasteiger partial charge on any atom is -0.370 e. The van der Waals surface area contributed by atoms with Crippen molar-refractivity contribution >= 4 is 36.4 Å². The Balaban J connectivity index is 0.00000169. The number of hydrogen-bond donors (Lipinski definition) is 1. The first-order valence-electron chi connectivity index (χ1n) is 8.24. The number of aromatic nitrogens is 4. The Morgan fingerprint density at radius 2 is 2.04 bits per heavy atom. The number of aryl methyl sites for hydroxylation is 1. The zero-order chi connectivity index (χ0) is 16.9. The summed E-state index contributed by atoms with van der Waals surface area (Å²) in [6.07, 6.45) is 4.42. The van der Waals surface area contributed by atoms with Crippen LogP contribution in [0.2, 0.25) is 0 Å². The molecule has 1 aliphatic heterocycles. The summed E-state index contributed by atoms with van der Waals surface area (Å²) in [5.74, 6) is -0.0639. The summed E-state index contributed by atoms with van der Waals surface area (Å²) in [6.45, 7) is 6.14. The maximum Gasteiger partial charge on any atom is 0.276 e. The van der Waals surface area contributed by atoms with Crippen LogP contribution < -0.4 is 10.6 Å². The quantitative estimate of drug-likeness (QED) is 0.825. The summed E-state index contributed by atoms with van der Waals surface area (Å²) < 4.78 is 1.61. The summed E-state index contributed by atoms with van der Waals surface area (Å²) in [6, 6.07) is 4.10. The van der Waals surface area contributed by atoms with Crippen LogP contribution in [0.15, 0.2) is 24.5 Å². The highest BCUT2D eigenvalue weighted by Crippen LogP contribution is 2.17. The average Bonchev–Trinajstić information content (AvgIpc) is 2.90. The average molecular weight is 402 g/mol. The van der Waals surface area contributed by atoms with E-state index in [0.29, 0.717) is 25.3 Å². The van der Waals surface area contributed by atoms with Gasteiger partial charge >= 0.3 is 0 Å². The van der Waals surface area contributed by atoms with Crippen LogP contribution in [0.3, 0.4) is 0 Å². The molecule has 0 atom stereocenters. The van der Waals surface area contributed by atoms with E-state index in [9.17, 15) is 4.79 Å². The van der Waals surface area contributed by atoms with Crippen molar-refractivity contribution in [1.29, 1.82) is 0 Å². The van der Waals surface area contributed by atoms with Crippen molar-refractivity contribution in [2.75, 3.05) is 37.6 Å². The van der Waals surface area contributed by atoms with E-state index in [0.717, 1.165) is 37.4 Å². The molecule has 1 aliphatic rings. The number of pyridine rings is 1. The summed E-state index contributed by atoms with van der Waals surface area (Å²) in [5.41, 5.74) is 8.04. The van der Waals surface area contributed by atoms with Gasteiger partial charge in [-0.3, -0.25) is 14.5 Å². The van der Waals surface area contributed by atoms with E-state index in [1.165, 1.54) is 0 Å². The number of carbonyl (C=O) groups is 1. The monoisotopic (exact) mass is 401 g/mol. The van der Waals surface area contributed by atoms with Crippen LogP contribution >= 0.6 is 24.8 Å². The SMILES string of the molecule is Cc1cc(N2CCCN(C(=O)c3cn(CCN)nn3)CC2)ccn1.Cl.Cl. The lowest BCUT2D eigenvalue weighted by atomic mass is 10.3. The van der Waals surface area contributed by atoms with Crippen molar-refractivity contribution in [3.63, 3.8) is 0 Å². The van der Waals surface area contributed by atoms with Gasteiger partial charge in [-0.15, -0.1) is 29.9 Å². The molecular weight excluding hydrogens is 377 g/mol. The van der Waals surface area contributed by atoms with E-state index >= 15 is 0 Å². The van der Waals surface area contributed by atoms with Crippen molar-refractivity contribution < 1.29 is 4.79 Å². The molecule has 2 aromatic rings. The third kappa shape index (κ3) is 5.30. The minimum absolute atomic E-state index is 0. The molecule has 1 saturated heterocycles. The van der Waals surface area contributed by atoms with Gasteiger partial charge in [0, 0.05) is 50.3 Å². The third-order valence-corrected chi connectivity index (χ3v) is 4.14. The van der Waals surface area contributed by atoms with Crippen molar-refractivity contribution in [1.82, 2.24) is 24.9 Å². The van der Waals surface area contributed by atoms with Crippen LogP contribution in [0.5, 0.6) is 0 Å². The predicted molar refractivity (Wildman–Crippen MR) is 105 cm³/mol. The molecule has 0 aromatic carbocycles. The first-order chi connectivity index (χ1) is 11.7. The molecule has 2 N–H and O–H groups in total. The van der Waals surface area contributed by atoms with E-state index < -0.39 is 0 Å². The molecule has 10 heteroatoms. The Bertz CT molecular complexity index is 709. The summed E-state index contributed by atoms with van der Waals surface area (Å²) >= 11 is 0. The normalized spacial score (nSPS) is 14.2. The molecule has 0 radical (unpaired) electrons. The Morgan fingerprint density at radius 1 is 1.23 bits per heavy atom. The molecule has 3 heterocycles. The smallest absolute Gasteiger partial charge is 0.276 e. The molecule has 0 saturated carbocycles. The van der Waals surface area contributed by atoms with Crippen LogP contribution in [0.1, 0.15) is 22.6 Å². The van der Waals surface area contributed by atoms with Crippen molar-refractivity contribution in [2.45, 2.75) is 19.9 Å². The van der Waals surface area contributed by atoms with Gasteiger partial charge in [-0.25, -0.2) is 0 Å². The van der Waals surface area contributed by atoms with E-state index in [1.54, 1.807) is 10.9 Å². The fraction of sp³-hybridized carbons (Fsp3) is 0.500. The molecule has 26 heavy (non-hydrogen) atoms. The summed E-state index contributed by atoms with van der Waals surface area (Å²) in [7, 11) is 0. The van der Waals surface area contributed by atoms with Gasteiger partial charge in [0.1, 0.15) is 0 Å². The van der Waals surface area contributed by atoms with E-state index in [2.05, 4.69) is 26.3 Å². The zero-order valence-corrected chi connectivity index (χ0v) is 16.4. The number of anilines is 1. The number of hydrogen-bond acceptors (Lipinski definition) is 6. The molecule has 0 unspecified atom stereocenters. The van der Waals surface area contributed by atoms with Gasteiger partial charge in [0.25, 0.3) is 5.91 Å². The molecule has 0 aliphatic carbocycles. The molecule has 1 fully saturated rings. The van der Waals surface area contributed by atoms with Gasteiger partial charge in [0.05, 0.1) is 12.7 Å². The number of nitrogens with zero attached hydrogens (tertiary/aromatic N) is 6. The molecule has 144 valence electrons. The highest BCUT2D eigenvalue weighted by molar-refractivity contribution is 5.92. The molecule has 8 nitrogen and oxygen atoms in total. The van der Waals surface area contributed by atoms with Gasteiger partial charge in [0.15, 0.2) is 5.69 Å². The van der Waals surface area contributed by atoms with Crippen molar-refractivity contribution in [3.05, 3.63) is 35.9 Å². The molecule has 2 aromatic heterocycles. The van der Waals surface area contributed by atoms with E-state index in [1.807, 2.05) is 24.1 Å². The Kier molecular flexibility index (Phi) is 8.77. The molecular formula is C16H25Cl2N7O. The fourth-order valence-electron chi connectivity index (χ4n) is 2.91. The first kappa shape index (κ1) is 22.1. The topological polar surface area (TPSA) is 93.2 Å². The largest absolute Gasteiger partial charge is 0.370 e. The van der Waals surface area contributed by atoms with Gasteiger partial charge in [-0.2, -0.15) is 0 Å². The Hall–Kier alpha value is -1.90. The van der Waals surface area contributed by atoms with Crippen molar-refractivity contribution in [3.8, 4) is 0 Å². The Labute approximate surface area is 165 Å². The number of nitrogens with two attached hydrogens (primary N) is 1. The van der Waals surface area contributed by atoms with Crippen molar-refractivity contribution in [2.24, 2.45) is 5.73 Å². The van der Waals surface area contributed by atoms with Crippen LogP contribution in [0.4, 0.5) is 5.69 Å². The predicted octanol–water partition coefficient (Wildman–Crippen LogP) is 1.14. The maximum atomic E-state index is 12.6. The second kappa shape index (κ2) is 10.3. The highest BCUT2D eigenvalue weighted by Gasteiger charge is 2.22. The van der Waals surface area contributed by atoms with Crippen LogP contribution in [-0.2, 0) is 6.54 Å². The van der Waals surface area contributed by atoms with E-state index in [-0.39, 0.29) is 30.7 Å². The number of carbonyl (C=O) groups excluding carboxylic acids is 1. The lowest BCUT2D eigenvalue weighted by Gasteiger charge is -2.23. The molecule has 3 rings (SSSR count). The van der Waals surface area contributed by atoms with Crippen LogP contribution in [-0.4, -0.2) is 63.5 Å². The molecule has 1 amide bonds. The van der Waals surface area contributed by atoms with Crippen LogP contribution in [0.25, 0.3) is 0 Å². The standard InChI is InChI=1S/C16H23N7O.2ClH/c1-13-11-14(3-5-18-13)21-6-2-7-22(10-9-21)16(24)15-12-23(8-4-17)20-19-15;;/h3,5,11-12H,2,4,6-10,17H2,1H3;2*1H. The summed E-state index contributed by atoms with van der Waals surface area (Å²) in [5, 5.41) is 7.91. The Morgan fingerprint density at radius 3 is 2.77 bits per heavy atom. The third-order valence-electron chi connectivity index (χ3n) is 4.14. The molecule has 0 bridgehead atoms. The zero-order valence-electron chi connectivity index (χ0n) is 14.7. The lowest BCUT2D eigenvalue weighted by molar-refractivity contribution is 0.0761. The van der Waals surface area contributed by atoms with Crippen LogP contribution in [0, 0.1) is 6.92 Å². The number of rotatable bonds is 4. The fourth-order valence-corrected chi connectivity index (χ4v) is 2.91. The lowest BCUT2D eigenvalue weighted by Crippen LogP contribution is -2.35. The minimum atomic E-state index is -0.0639. The van der Waals surface area contributed by atoms with Gasteiger partial charge in [0.2, 0.25) is 0 Å². The molecule has 0 spiro atoms.